The molecule has 2 heterocycles. The minimum Gasteiger partial charge on any atom is -0.300 e. The van der Waals surface area contributed by atoms with Crippen LogP contribution in [0.1, 0.15) is 48.5 Å². The highest BCUT2D eigenvalue weighted by Gasteiger charge is 2.32. The lowest BCUT2D eigenvalue weighted by Gasteiger charge is -2.25. The summed E-state index contributed by atoms with van der Waals surface area (Å²) in [5.41, 5.74) is 1.01. The Balaban J connectivity index is 1.56. The average Bonchev–Trinajstić information content (AvgIpc) is 3.28. The number of hydrogen-bond donors (Lipinski definition) is 1. The molecule has 0 saturated heterocycles. The number of carbonyl (C=O) groups excluding carboxylic acids is 1. The molecule has 0 spiro atoms. The zero-order chi connectivity index (χ0) is 18.1. The van der Waals surface area contributed by atoms with Crippen LogP contribution in [-0.4, -0.2) is 21.1 Å². The summed E-state index contributed by atoms with van der Waals surface area (Å²) < 4.78 is 1.17. The molecule has 3 aromatic rings. The molecule has 0 aliphatic heterocycles. The van der Waals surface area contributed by atoms with Crippen molar-refractivity contribution in [2.24, 2.45) is 5.92 Å². The van der Waals surface area contributed by atoms with E-state index in [4.69, 9.17) is 4.98 Å². The SMILES string of the molecule is CC(C)c1nnc(NC(=O)[C@H]2CC=CC[C@@H]2c2nc3ccccc3s2)s1. The van der Waals surface area contributed by atoms with Gasteiger partial charge in [0.2, 0.25) is 11.0 Å². The first-order valence-corrected chi connectivity index (χ1v) is 10.4. The molecule has 1 amide bonds. The van der Waals surface area contributed by atoms with Crippen molar-refractivity contribution >= 4 is 43.9 Å². The predicted octanol–water partition coefficient (Wildman–Crippen LogP) is 4.96. The Morgan fingerprint density at radius 3 is 2.73 bits per heavy atom. The maximum atomic E-state index is 12.9. The molecule has 7 heteroatoms. The van der Waals surface area contributed by atoms with Gasteiger partial charge in [-0.1, -0.05) is 49.5 Å². The minimum absolute atomic E-state index is 0.00469. The fraction of sp³-hybridized carbons (Fsp3) is 0.368. The Morgan fingerprint density at radius 1 is 1.15 bits per heavy atom. The van der Waals surface area contributed by atoms with Gasteiger partial charge in [0.1, 0.15) is 5.01 Å². The number of para-hydroxylation sites is 1. The Kier molecular flexibility index (Phi) is 4.82. The van der Waals surface area contributed by atoms with E-state index in [1.165, 1.54) is 16.0 Å². The van der Waals surface area contributed by atoms with Crippen molar-refractivity contribution in [3.63, 3.8) is 0 Å². The first-order chi connectivity index (χ1) is 12.6. The minimum atomic E-state index is -0.132. The zero-order valence-corrected chi connectivity index (χ0v) is 16.3. The summed E-state index contributed by atoms with van der Waals surface area (Å²) in [6.45, 7) is 4.14. The number of aromatic nitrogens is 3. The molecule has 0 fully saturated rings. The van der Waals surface area contributed by atoms with E-state index in [-0.39, 0.29) is 17.7 Å². The quantitative estimate of drug-likeness (QED) is 0.646. The molecule has 1 aromatic carbocycles. The second kappa shape index (κ2) is 7.25. The smallest absolute Gasteiger partial charge is 0.230 e. The Morgan fingerprint density at radius 2 is 1.96 bits per heavy atom. The number of amides is 1. The summed E-state index contributed by atoms with van der Waals surface area (Å²) in [6.07, 6.45) is 5.81. The van der Waals surface area contributed by atoms with E-state index in [2.05, 4.69) is 47.6 Å². The highest BCUT2D eigenvalue weighted by atomic mass is 32.1. The highest BCUT2D eigenvalue weighted by Crippen LogP contribution is 2.39. The molecule has 1 aliphatic carbocycles. The van der Waals surface area contributed by atoms with Crippen LogP contribution in [0.3, 0.4) is 0 Å². The molecular weight excluding hydrogens is 364 g/mol. The maximum absolute atomic E-state index is 12.9. The molecule has 4 rings (SSSR count). The summed E-state index contributed by atoms with van der Waals surface area (Å²) in [4.78, 5) is 17.7. The summed E-state index contributed by atoms with van der Waals surface area (Å²) >= 11 is 3.14. The van der Waals surface area contributed by atoms with Crippen molar-refractivity contribution in [3.8, 4) is 0 Å². The third-order valence-electron chi connectivity index (χ3n) is 4.56. The van der Waals surface area contributed by atoms with Crippen LogP contribution in [0, 0.1) is 5.92 Å². The van der Waals surface area contributed by atoms with E-state index in [9.17, 15) is 4.79 Å². The number of nitrogens with one attached hydrogen (secondary N) is 1. The van der Waals surface area contributed by atoms with Crippen LogP contribution < -0.4 is 5.32 Å². The van der Waals surface area contributed by atoms with Crippen LogP contribution in [0.15, 0.2) is 36.4 Å². The number of hydrogen-bond acceptors (Lipinski definition) is 6. The molecule has 0 saturated carbocycles. The molecule has 2 aromatic heterocycles. The summed E-state index contributed by atoms with van der Waals surface area (Å²) in [5, 5.41) is 13.8. The van der Waals surface area contributed by atoms with E-state index >= 15 is 0 Å². The Labute approximate surface area is 160 Å². The first kappa shape index (κ1) is 17.3. The average molecular weight is 385 g/mol. The molecule has 1 aliphatic rings. The van der Waals surface area contributed by atoms with Crippen molar-refractivity contribution in [1.82, 2.24) is 15.2 Å². The van der Waals surface area contributed by atoms with Gasteiger partial charge in [-0.05, 0) is 25.0 Å². The zero-order valence-electron chi connectivity index (χ0n) is 14.7. The van der Waals surface area contributed by atoms with E-state index in [0.29, 0.717) is 11.0 Å². The normalized spacial score (nSPS) is 20.0. The van der Waals surface area contributed by atoms with Gasteiger partial charge in [0.15, 0.2) is 0 Å². The topological polar surface area (TPSA) is 67.8 Å². The molecule has 134 valence electrons. The molecule has 0 unspecified atom stereocenters. The number of fused-ring (bicyclic) bond motifs is 1. The lowest BCUT2D eigenvalue weighted by atomic mass is 9.83. The van der Waals surface area contributed by atoms with Crippen molar-refractivity contribution in [2.75, 3.05) is 5.32 Å². The predicted molar refractivity (Wildman–Crippen MR) is 107 cm³/mol. The first-order valence-electron chi connectivity index (χ1n) is 8.76. The second-order valence-electron chi connectivity index (χ2n) is 6.77. The fourth-order valence-electron chi connectivity index (χ4n) is 3.14. The van der Waals surface area contributed by atoms with Gasteiger partial charge in [0.05, 0.1) is 21.1 Å². The number of benzene rings is 1. The molecule has 0 bridgehead atoms. The van der Waals surface area contributed by atoms with Crippen LogP contribution in [0.25, 0.3) is 10.2 Å². The van der Waals surface area contributed by atoms with Gasteiger partial charge in [0, 0.05) is 11.8 Å². The van der Waals surface area contributed by atoms with E-state index in [0.717, 1.165) is 28.4 Å². The van der Waals surface area contributed by atoms with Crippen molar-refractivity contribution in [3.05, 3.63) is 46.4 Å². The van der Waals surface area contributed by atoms with Crippen LogP contribution in [0.5, 0.6) is 0 Å². The Bertz CT molecular complexity index is 926. The summed E-state index contributed by atoms with van der Waals surface area (Å²) in [7, 11) is 0. The van der Waals surface area contributed by atoms with Gasteiger partial charge in [-0.25, -0.2) is 4.98 Å². The van der Waals surface area contributed by atoms with E-state index < -0.39 is 0 Å². The van der Waals surface area contributed by atoms with E-state index in [1.807, 2.05) is 18.2 Å². The van der Waals surface area contributed by atoms with Crippen molar-refractivity contribution < 1.29 is 4.79 Å². The lowest BCUT2D eigenvalue weighted by molar-refractivity contribution is -0.120. The van der Waals surface area contributed by atoms with Crippen LogP contribution in [0.4, 0.5) is 5.13 Å². The summed E-state index contributed by atoms with van der Waals surface area (Å²) in [6, 6.07) is 8.13. The van der Waals surface area contributed by atoms with Gasteiger partial charge < -0.3 is 5.32 Å². The Hall–Kier alpha value is -2.12. The molecule has 26 heavy (non-hydrogen) atoms. The molecule has 0 radical (unpaired) electrons. The largest absolute Gasteiger partial charge is 0.300 e. The number of thiazole rings is 1. The van der Waals surface area contributed by atoms with Gasteiger partial charge >= 0.3 is 0 Å². The van der Waals surface area contributed by atoms with Gasteiger partial charge in [-0.2, -0.15) is 0 Å². The third kappa shape index (κ3) is 3.41. The van der Waals surface area contributed by atoms with E-state index in [1.54, 1.807) is 11.3 Å². The third-order valence-corrected chi connectivity index (χ3v) is 6.87. The fourth-order valence-corrected chi connectivity index (χ4v) is 5.04. The number of rotatable bonds is 4. The summed E-state index contributed by atoms with van der Waals surface area (Å²) in [5.74, 6) is 0.290. The van der Waals surface area contributed by atoms with Crippen molar-refractivity contribution in [1.29, 1.82) is 0 Å². The molecule has 2 atom stereocenters. The van der Waals surface area contributed by atoms with Gasteiger partial charge in [-0.15, -0.1) is 21.5 Å². The highest BCUT2D eigenvalue weighted by molar-refractivity contribution is 7.18. The molecule has 1 N–H and O–H groups in total. The standard InChI is InChI=1S/C19H20N4OS2/c1-11(2)17-22-23-19(26-17)21-16(24)12-7-3-4-8-13(12)18-20-14-9-5-6-10-15(14)25-18/h3-6,9-13H,7-8H2,1-2H3,(H,21,23,24)/t12-,13-/m0/s1. The van der Waals surface area contributed by atoms with Crippen LogP contribution in [-0.2, 0) is 4.79 Å². The maximum Gasteiger partial charge on any atom is 0.230 e. The second-order valence-corrected chi connectivity index (χ2v) is 8.84. The van der Waals surface area contributed by atoms with Crippen LogP contribution in [0.2, 0.25) is 0 Å². The number of allylic oxidation sites excluding steroid dienone is 2. The van der Waals surface area contributed by atoms with Crippen molar-refractivity contribution in [2.45, 2.75) is 38.5 Å². The van der Waals surface area contributed by atoms with Gasteiger partial charge in [0.25, 0.3) is 0 Å². The van der Waals surface area contributed by atoms with Crippen LogP contribution >= 0.6 is 22.7 Å². The monoisotopic (exact) mass is 384 g/mol. The molecule has 5 nitrogen and oxygen atoms in total. The number of nitrogens with zero attached hydrogens (tertiary/aromatic N) is 3. The molecular formula is C19H20N4OS2. The lowest BCUT2D eigenvalue weighted by Crippen LogP contribution is -2.29. The van der Waals surface area contributed by atoms with Gasteiger partial charge in [-0.3, -0.25) is 4.79 Å². The number of anilines is 1. The number of carbonyl (C=O) groups is 1.